The molecule has 0 radical (unpaired) electrons. The summed E-state index contributed by atoms with van der Waals surface area (Å²) in [7, 11) is 0. The van der Waals surface area contributed by atoms with E-state index < -0.39 is 22.7 Å². The van der Waals surface area contributed by atoms with Crippen LogP contribution >= 0.6 is 12.2 Å². The van der Waals surface area contributed by atoms with Crippen LogP contribution in [-0.4, -0.2) is 27.2 Å². The average Bonchev–Trinajstić information content (AvgIpc) is 3.17. The molecule has 3 aromatic rings. The summed E-state index contributed by atoms with van der Waals surface area (Å²) in [5, 5.41) is -0.515. The van der Waals surface area contributed by atoms with E-state index in [1.807, 2.05) is 0 Å². The van der Waals surface area contributed by atoms with Gasteiger partial charge in [0.05, 0.1) is 29.3 Å². The average molecular weight is 407 g/mol. The van der Waals surface area contributed by atoms with Crippen molar-refractivity contribution in [2.45, 2.75) is 31.7 Å². The quantitative estimate of drug-likeness (QED) is 0.657. The molecule has 0 aliphatic carbocycles. The van der Waals surface area contributed by atoms with Crippen molar-refractivity contribution in [3.63, 3.8) is 0 Å². The van der Waals surface area contributed by atoms with Gasteiger partial charge in [0.2, 0.25) is 0 Å². The number of hydrogen-bond donors (Lipinski definition) is 1. The number of rotatable bonds is 3. The number of aromatic nitrogens is 3. The van der Waals surface area contributed by atoms with Crippen molar-refractivity contribution >= 4 is 23.3 Å². The molecule has 1 aliphatic heterocycles. The van der Waals surface area contributed by atoms with Gasteiger partial charge in [0.25, 0.3) is 5.56 Å². The molecule has 1 fully saturated rings. The zero-order valence-corrected chi connectivity index (χ0v) is 15.4. The van der Waals surface area contributed by atoms with E-state index in [4.69, 9.17) is 17.0 Å². The minimum atomic E-state index is -4.72. The monoisotopic (exact) mass is 407 g/mol. The van der Waals surface area contributed by atoms with E-state index >= 15 is 0 Å². The first-order valence-electron chi connectivity index (χ1n) is 8.76. The summed E-state index contributed by atoms with van der Waals surface area (Å²) in [4.78, 5) is 19.2. The van der Waals surface area contributed by atoms with Gasteiger partial charge in [-0.05, 0) is 31.1 Å². The molecule has 28 heavy (non-hydrogen) atoms. The fourth-order valence-corrected chi connectivity index (χ4v) is 3.67. The molecule has 1 saturated heterocycles. The Labute approximate surface area is 162 Å². The predicted molar refractivity (Wildman–Crippen MR) is 101 cm³/mol. The lowest BCUT2D eigenvalue weighted by molar-refractivity contribution is -0.136. The zero-order chi connectivity index (χ0) is 19.9. The number of H-pyrrole nitrogens is 1. The van der Waals surface area contributed by atoms with Crippen LogP contribution < -0.4 is 5.56 Å². The first kappa shape index (κ1) is 18.8. The standard InChI is InChI=1S/C19H16F3N3O2S/c20-19(21,22)13-9-14(11-5-2-1-3-6-11)23-16-15(13)17(26)24-18(28)25(16)10-12-7-4-8-27-12/h1-3,5-6,9,12H,4,7-8,10H2,(H,24,26,28)/t12-/m1/s1. The number of nitrogens with zero attached hydrogens (tertiary/aromatic N) is 2. The predicted octanol–water partition coefficient (Wildman–Crippen LogP) is 4.32. The van der Waals surface area contributed by atoms with E-state index in [2.05, 4.69) is 9.97 Å². The number of pyridine rings is 1. The van der Waals surface area contributed by atoms with Crippen LogP contribution in [0.15, 0.2) is 41.2 Å². The van der Waals surface area contributed by atoms with Crippen LogP contribution in [0.3, 0.4) is 0 Å². The molecule has 0 amide bonds. The van der Waals surface area contributed by atoms with Gasteiger partial charge in [-0.25, -0.2) is 4.98 Å². The lowest BCUT2D eigenvalue weighted by Crippen LogP contribution is -2.24. The van der Waals surface area contributed by atoms with Crippen LogP contribution in [0, 0.1) is 4.77 Å². The highest BCUT2D eigenvalue weighted by Crippen LogP contribution is 2.35. The molecule has 4 rings (SSSR count). The van der Waals surface area contributed by atoms with Crippen molar-refractivity contribution in [1.82, 2.24) is 14.5 Å². The minimum Gasteiger partial charge on any atom is -0.376 e. The molecule has 3 heterocycles. The largest absolute Gasteiger partial charge is 0.417 e. The number of benzene rings is 1. The van der Waals surface area contributed by atoms with Crippen LogP contribution in [0.4, 0.5) is 13.2 Å². The van der Waals surface area contributed by atoms with E-state index in [1.54, 1.807) is 30.3 Å². The van der Waals surface area contributed by atoms with Crippen LogP contribution in [-0.2, 0) is 17.5 Å². The summed E-state index contributed by atoms with van der Waals surface area (Å²) >= 11 is 5.23. The summed E-state index contributed by atoms with van der Waals surface area (Å²) in [5.74, 6) is 0. The first-order chi connectivity index (χ1) is 13.3. The van der Waals surface area contributed by atoms with Crippen LogP contribution in [0.5, 0.6) is 0 Å². The second-order valence-electron chi connectivity index (χ2n) is 6.62. The summed E-state index contributed by atoms with van der Waals surface area (Å²) < 4.78 is 48.4. The Bertz CT molecular complexity index is 1130. The summed E-state index contributed by atoms with van der Waals surface area (Å²) in [5.41, 5.74) is -1.37. The normalized spacial score (nSPS) is 17.3. The smallest absolute Gasteiger partial charge is 0.376 e. The lowest BCUT2D eigenvalue weighted by Gasteiger charge is -2.18. The second kappa shape index (κ2) is 7.14. The molecule has 0 unspecified atom stereocenters. The van der Waals surface area contributed by atoms with Crippen molar-refractivity contribution in [3.8, 4) is 11.3 Å². The number of nitrogens with one attached hydrogen (secondary N) is 1. The number of ether oxygens (including phenoxy) is 1. The highest BCUT2D eigenvalue weighted by atomic mass is 32.1. The molecule has 1 N–H and O–H groups in total. The number of aromatic amines is 1. The number of hydrogen-bond acceptors (Lipinski definition) is 4. The molecular weight excluding hydrogens is 391 g/mol. The summed E-state index contributed by atoms with van der Waals surface area (Å²) in [6.07, 6.45) is -3.26. The van der Waals surface area contributed by atoms with Gasteiger partial charge < -0.3 is 4.74 Å². The Morgan fingerprint density at radius 2 is 2.04 bits per heavy atom. The Morgan fingerprint density at radius 3 is 2.68 bits per heavy atom. The molecule has 0 bridgehead atoms. The van der Waals surface area contributed by atoms with Crippen molar-refractivity contribution in [3.05, 3.63) is 57.1 Å². The molecule has 1 aromatic carbocycles. The third-order valence-corrected chi connectivity index (χ3v) is 5.06. The van der Waals surface area contributed by atoms with Gasteiger partial charge >= 0.3 is 6.18 Å². The maximum Gasteiger partial charge on any atom is 0.417 e. The Kier molecular flexibility index (Phi) is 4.80. The van der Waals surface area contributed by atoms with Gasteiger partial charge in [-0.2, -0.15) is 13.2 Å². The SMILES string of the molecule is O=c1[nH]c(=S)n(C[C@H]2CCCO2)c2nc(-c3ccccc3)cc(C(F)(F)F)c12. The molecule has 146 valence electrons. The van der Waals surface area contributed by atoms with E-state index in [9.17, 15) is 18.0 Å². The van der Waals surface area contributed by atoms with E-state index in [0.717, 1.165) is 18.9 Å². The van der Waals surface area contributed by atoms with E-state index in [-0.39, 0.29) is 28.8 Å². The molecule has 0 spiro atoms. The van der Waals surface area contributed by atoms with Crippen molar-refractivity contribution in [2.24, 2.45) is 0 Å². The topological polar surface area (TPSA) is 59.9 Å². The highest BCUT2D eigenvalue weighted by molar-refractivity contribution is 7.71. The maximum atomic E-state index is 13.8. The molecule has 9 heteroatoms. The second-order valence-corrected chi connectivity index (χ2v) is 7.01. The van der Waals surface area contributed by atoms with Gasteiger partial charge in [-0.1, -0.05) is 30.3 Å². The summed E-state index contributed by atoms with van der Waals surface area (Å²) in [6.45, 7) is 0.824. The first-order valence-corrected chi connectivity index (χ1v) is 9.17. The van der Waals surface area contributed by atoms with Crippen molar-refractivity contribution < 1.29 is 17.9 Å². The van der Waals surface area contributed by atoms with Gasteiger partial charge in [0, 0.05) is 12.2 Å². The fourth-order valence-electron chi connectivity index (χ4n) is 3.42. The molecule has 1 aliphatic rings. The highest BCUT2D eigenvalue weighted by Gasteiger charge is 2.35. The molecule has 5 nitrogen and oxygen atoms in total. The maximum absolute atomic E-state index is 13.8. The lowest BCUT2D eigenvalue weighted by atomic mass is 10.1. The van der Waals surface area contributed by atoms with Crippen LogP contribution in [0.25, 0.3) is 22.3 Å². The Balaban J connectivity index is 2.04. The number of fused-ring (bicyclic) bond motifs is 1. The third kappa shape index (κ3) is 3.47. The number of alkyl halides is 3. The van der Waals surface area contributed by atoms with E-state index in [0.29, 0.717) is 12.2 Å². The minimum absolute atomic E-state index is 0.0267. The van der Waals surface area contributed by atoms with Crippen LogP contribution in [0.2, 0.25) is 0 Å². The van der Waals surface area contributed by atoms with Gasteiger partial charge in [0.1, 0.15) is 5.65 Å². The van der Waals surface area contributed by atoms with Crippen LogP contribution in [0.1, 0.15) is 18.4 Å². The molecule has 1 atom stereocenters. The van der Waals surface area contributed by atoms with Crippen molar-refractivity contribution in [2.75, 3.05) is 6.61 Å². The zero-order valence-electron chi connectivity index (χ0n) is 14.6. The Hall–Kier alpha value is -2.52. The van der Waals surface area contributed by atoms with E-state index in [1.165, 1.54) is 4.57 Å². The molecule has 2 aromatic heterocycles. The molecular formula is C19H16F3N3O2S. The molecule has 0 saturated carbocycles. The van der Waals surface area contributed by atoms with Gasteiger partial charge in [0.15, 0.2) is 4.77 Å². The Morgan fingerprint density at radius 1 is 1.29 bits per heavy atom. The summed E-state index contributed by atoms with van der Waals surface area (Å²) in [6, 6.07) is 9.43. The van der Waals surface area contributed by atoms with Gasteiger partial charge in [-0.3, -0.25) is 14.3 Å². The van der Waals surface area contributed by atoms with Crippen molar-refractivity contribution in [1.29, 1.82) is 0 Å². The van der Waals surface area contributed by atoms with Gasteiger partial charge in [-0.15, -0.1) is 0 Å². The third-order valence-electron chi connectivity index (χ3n) is 4.73. The number of halogens is 3. The fraction of sp³-hybridized carbons (Fsp3) is 0.316.